The highest BCUT2D eigenvalue weighted by atomic mass is 16.5. The lowest BCUT2D eigenvalue weighted by molar-refractivity contribution is -0.149. The van der Waals surface area contributed by atoms with Gasteiger partial charge in [0.2, 0.25) is 5.91 Å². The van der Waals surface area contributed by atoms with E-state index in [1.165, 1.54) is 0 Å². The lowest BCUT2D eigenvalue weighted by atomic mass is 9.72. The third-order valence-corrected chi connectivity index (χ3v) is 5.52. The highest BCUT2D eigenvalue weighted by Gasteiger charge is 2.44. The van der Waals surface area contributed by atoms with Crippen molar-refractivity contribution >= 4 is 5.91 Å². The summed E-state index contributed by atoms with van der Waals surface area (Å²) in [5.41, 5.74) is 1.82. The maximum atomic E-state index is 13.2. The van der Waals surface area contributed by atoms with E-state index in [1.807, 2.05) is 36.1 Å². The second-order valence-electron chi connectivity index (χ2n) is 7.16. The first-order valence-electron chi connectivity index (χ1n) is 9.07. The van der Waals surface area contributed by atoms with E-state index < -0.39 is 0 Å². The van der Waals surface area contributed by atoms with Crippen LogP contribution in [0.25, 0.3) is 11.5 Å². The minimum absolute atomic E-state index is 0.153. The first-order valence-corrected chi connectivity index (χ1v) is 9.07. The summed E-state index contributed by atoms with van der Waals surface area (Å²) in [6, 6.07) is 7.99. The monoisotopic (exact) mass is 340 g/mol. The molecule has 0 radical (unpaired) electrons. The van der Waals surface area contributed by atoms with E-state index in [0.717, 1.165) is 56.4 Å². The fourth-order valence-corrected chi connectivity index (χ4v) is 4.15. The minimum atomic E-state index is -0.153. The summed E-state index contributed by atoms with van der Waals surface area (Å²) in [4.78, 5) is 19.6. The maximum absolute atomic E-state index is 13.2. The molecule has 6 heteroatoms. The third kappa shape index (κ3) is 3.06. The summed E-state index contributed by atoms with van der Waals surface area (Å²) in [5.74, 6) is 1.46. The number of likely N-dealkylation sites (tertiary alicyclic amines) is 1. The molecule has 132 valence electrons. The average molecular weight is 340 g/mol. The Balaban J connectivity index is 1.59. The molecule has 2 fully saturated rings. The van der Waals surface area contributed by atoms with Crippen LogP contribution >= 0.6 is 0 Å². The van der Waals surface area contributed by atoms with Gasteiger partial charge in [0.25, 0.3) is 5.89 Å². The SMILES string of the molecule is Cc1noc(-c2ccccc2CN2CCCC3(CCNCC3)C2=O)n1. The first kappa shape index (κ1) is 16.3. The van der Waals surface area contributed by atoms with Gasteiger partial charge in [-0.2, -0.15) is 4.98 Å². The Bertz CT molecular complexity index is 759. The standard InChI is InChI=1S/C19H24N4O2/c1-14-21-17(25-22-14)16-6-3-2-5-15(16)13-23-12-4-7-19(18(23)24)8-10-20-11-9-19/h2-3,5-6,20H,4,7-13H2,1H3. The van der Waals surface area contributed by atoms with E-state index in [-0.39, 0.29) is 5.41 Å². The quantitative estimate of drug-likeness (QED) is 0.930. The van der Waals surface area contributed by atoms with E-state index in [9.17, 15) is 4.79 Å². The van der Waals surface area contributed by atoms with Crippen molar-refractivity contribution in [2.24, 2.45) is 5.41 Å². The second-order valence-corrected chi connectivity index (χ2v) is 7.16. The largest absolute Gasteiger partial charge is 0.338 e. The fraction of sp³-hybridized carbons (Fsp3) is 0.526. The van der Waals surface area contributed by atoms with Gasteiger partial charge in [-0.1, -0.05) is 23.4 Å². The number of hydrogen-bond donors (Lipinski definition) is 1. The number of amides is 1. The van der Waals surface area contributed by atoms with Crippen LogP contribution in [0.15, 0.2) is 28.8 Å². The van der Waals surface area contributed by atoms with Crippen molar-refractivity contribution < 1.29 is 9.32 Å². The Morgan fingerprint density at radius 2 is 2.04 bits per heavy atom. The molecule has 1 spiro atoms. The fourth-order valence-electron chi connectivity index (χ4n) is 4.15. The van der Waals surface area contributed by atoms with E-state index in [4.69, 9.17) is 4.52 Å². The van der Waals surface area contributed by atoms with E-state index in [2.05, 4.69) is 15.5 Å². The van der Waals surface area contributed by atoms with Crippen LogP contribution < -0.4 is 5.32 Å². The number of nitrogens with zero attached hydrogens (tertiary/aromatic N) is 3. The van der Waals surface area contributed by atoms with Crippen LogP contribution in [0, 0.1) is 12.3 Å². The van der Waals surface area contributed by atoms with Gasteiger partial charge in [-0.3, -0.25) is 4.79 Å². The first-order chi connectivity index (χ1) is 12.2. The van der Waals surface area contributed by atoms with E-state index in [0.29, 0.717) is 24.2 Å². The Labute approximate surface area is 147 Å². The zero-order valence-electron chi connectivity index (χ0n) is 14.6. The third-order valence-electron chi connectivity index (χ3n) is 5.52. The van der Waals surface area contributed by atoms with Crippen molar-refractivity contribution in [3.05, 3.63) is 35.7 Å². The predicted molar refractivity (Wildman–Crippen MR) is 93.7 cm³/mol. The van der Waals surface area contributed by atoms with Crippen LogP contribution in [0.2, 0.25) is 0 Å². The lowest BCUT2D eigenvalue weighted by Gasteiger charge is -2.44. The van der Waals surface area contributed by atoms with Gasteiger partial charge in [0.15, 0.2) is 5.82 Å². The Morgan fingerprint density at radius 1 is 1.24 bits per heavy atom. The van der Waals surface area contributed by atoms with Crippen molar-refractivity contribution in [1.82, 2.24) is 20.4 Å². The topological polar surface area (TPSA) is 71.3 Å². The number of aromatic nitrogens is 2. The van der Waals surface area contributed by atoms with Crippen LogP contribution in [0.1, 0.15) is 37.1 Å². The molecule has 1 aromatic carbocycles. The highest BCUT2D eigenvalue weighted by molar-refractivity contribution is 5.84. The molecular weight excluding hydrogens is 316 g/mol. The summed E-state index contributed by atoms with van der Waals surface area (Å²) in [6.07, 6.45) is 4.00. The number of aryl methyl sites for hydroxylation is 1. The van der Waals surface area contributed by atoms with Gasteiger partial charge >= 0.3 is 0 Å². The molecule has 0 unspecified atom stereocenters. The molecule has 1 N–H and O–H groups in total. The van der Waals surface area contributed by atoms with Crippen molar-refractivity contribution in [2.75, 3.05) is 19.6 Å². The number of carbonyl (C=O) groups is 1. The smallest absolute Gasteiger partial charge is 0.258 e. The Kier molecular flexibility index (Phi) is 4.29. The average Bonchev–Trinajstić information content (AvgIpc) is 3.07. The number of benzene rings is 1. The van der Waals surface area contributed by atoms with Crippen LogP contribution in [0.3, 0.4) is 0 Å². The molecule has 6 nitrogen and oxygen atoms in total. The molecule has 2 saturated heterocycles. The molecule has 0 atom stereocenters. The lowest BCUT2D eigenvalue weighted by Crippen LogP contribution is -2.52. The molecule has 0 bridgehead atoms. The molecule has 2 aliphatic rings. The Morgan fingerprint density at radius 3 is 2.80 bits per heavy atom. The van der Waals surface area contributed by atoms with Crippen LogP contribution in [-0.2, 0) is 11.3 Å². The van der Waals surface area contributed by atoms with Crippen LogP contribution in [0.5, 0.6) is 0 Å². The predicted octanol–water partition coefficient (Wildman–Crippen LogP) is 2.54. The summed E-state index contributed by atoms with van der Waals surface area (Å²) >= 11 is 0. The Hall–Kier alpha value is -2.21. The zero-order valence-corrected chi connectivity index (χ0v) is 14.6. The zero-order chi connectivity index (χ0) is 17.3. The van der Waals surface area contributed by atoms with Gasteiger partial charge in [0.05, 0.1) is 5.41 Å². The number of carbonyl (C=O) groups excluding carboxylic acids is 1. The normalized spacial score (nSPS) is 20.2. The highest BCUT2D eigenvalue weighted by Crippen LogP contribution is 2.40. The number of hydrogen-bond acceptors (Lipinski definition) is 5. The molecule has 1 aromatic heterocycles. The molecule has 1 amide bonds. The van der Waals surface area contributed by atoms with Crippen LogP contribution in [0.4, 0.5) is 0 Å². The minimum Gasteiger partial charge on any atom is -0.338 e. The van der Waals surface area contributed by atoms with Gasteiger partial charge < -0.3 is 14.7 Å². The van der Waals surface area contributed by atoms with E-state index in [1.54, 1.807) is 0 Å². The number of nitrogens with one attached hydrogen (secondary N) is 1. The molecule has 0 aliphatic carbocycles. The summed E-state index contributed by atoms with van der Waals surface area (Å²) in [5, 5.41) is 7.27. The maximum Gasteiger partial charge on any atom is 0.258 e. The molecule has 25 heavy (non-hydrogen) atoms. The summed E-state index contributed by atoms with van der Waals surface area (Å²) < 4.78 is 5.34. The van der Waals surface area contributed by atoms with Gasteiger partial charge in [0, 0.05) is 18.7 Å². The van der Waals surface area contributed by atoms with E-state index >= 15 is 0 Å². The van der Waals surface area contributed by atoms with Crippen molar-refractivity contribution in [1.29, 1.82) is 0 Å². The molecule has 2 aliphatic heterocycles. The van der Waals surface area contributed by atoms with Crippen molar-refractivity contribution in [3.8, 4) is 11.5 Å². The van der Waals surface area contributed by atoms with Crippen molar-refractivity contribution in [3.63, 3.8) is 0 Å². The van der Waals surface area contributed by atoms with Gasteiger partial charge in [-0.05, 0) is 57.3 Å². The molecule has 3 heterocycles. The number of rotatable bonds is 3. The van der Waals surface area contributed by atoms with Gasteiger partial charge in [-0.25, -0.2) is 0 Å². The van der Waals surface area contributed by atoms with Gasteiger partial charge in [-0.15, -0.1) is 0 Å². The molecule has 2 aromatic rings. The van der Waals surface area contributed by atoms with Crippen LogP contribution in [-0.4, -0.2) is 40.6 Å². The second kappa shape index (κ2) is 6.59. The number of piperidine rings is 2. The summed E-state index contributed by atoms with van der Waals surface area (Å²) in [7, 11) is 0. The molecular formula is C19H24N4O2. The molecule has 0 saturated carbocycles. The molecule has 4 rings (SSSR count). The van der Waals surface area contributed by atoms with Crippen molar-refractivity contribution in [2.45, 2.75) is 39.2 Å². The van der Waals surface area contributed by atoms with Gasteiger partial charge in [0.1, 0.15) is 0 Å². The summed E-state index contributed by atoms with van der Waals surface area (Å²) in [6.45, 7) is 5.12.